The van der Waals surface area contributed by atoms with Crippen LogP contribution in [0.1, 0.15) is 23.6 Å². The molecule has 1 unspecified atom stereocenters. The SMILES string of the molecule is CCN(C#N)C(=O)C(Cc1ccccc1)NC(=O)NCc1cccc(C)c1. The molecule has 0 aromatic heterocycles. The number of carbonyl (C=O) groups excluding carboxylic acids is 2. The van der Waals surface area contributed by atoms with E-state index in [0.717, 1.165) is 21.6 Å². The molecule has 6 nitrogen and oxygen atoms in total. The molecule has 0 bridgehead atoms. The van der Waals surface area contributed by atoms with Crippen molar-refractivity contribution < 1.29 is 9.59 Å². The van der Waals surface area contributed by atoms with Gasteiger partial charge in [-0.2, -0.15) is 5.26 Å². The molecule has 0 aliphatic rings. The lowest BCUT2D eigenvalue weighted by atomic mass is 10.0. The second-order valence-corrected chi connectivity index (χ2v) is 6.24. The Morgan fingerprint density at radius 1 is 1.11 bits per heavy atom. The summed E-state index contributed by atoms with van der Waals surface area (Å²) in [6, 6.07) is 16.0. The molecule has 27 heavy (non-hydrogen) atoms. The van der Waals surface area contributed by atoms with Gasteiger partial charge in [-0.3, -0.25) is 4.79 Å². The molecule has 140 valence electrons. The third kappa shape index (κ3) is 6.15. The van der Waals surface area contributed by atoms with E-state index in [1.54, 1.807) is 6.92 Å². The van der Waals surface area contributed by atoms with Crippen molar-refractivity contribution in [1.82, 2.24) is 15.5 Å². The van der Waals surface area contributed by atoms with Gasteiger partial charge in [0.05, 0.1) is 0 Å². The van der Waals surface area contributed by atoms with Gasteiger partial charge in [0.1, 0.15) is 6.04 Å². The molecule has 0 saturated carbocycles. The molecule has 2 aromatic rings. The van der Waals surface area contributed by atoms with Crippen LogP contribution in [0.4, 0.5) is 4.79 Å². The number of carbonyl (C=O) groups is 2. The number of aryl methyl sites for hydroxylation is 1. The van der Waals surface area contributed by atoms with Crippen LogP contribution in [0.15, 0.2) is 54.6 Å². The second kappa shape index (κ2) is 9.97. The smallest absolute Gasteiger partial charge is 0.315 e. The highest BCUT2D eigenvalue weighted by Crippen LogP contribution is 2.07. The molecule has 6 heteroatoms. The van der Waals surface area contributed by atoms with Crippen LogP contribution < -0.4 is 10.6 Å². The summed E-state index contributed by atoms with van der Waals surface area (Å²) in [7, 11) is 0. The van der Waals surface area contributed by atoms with E-state index in [9.17, 15) is 9.59 Å². The maximum atomic E-state index is 12.6. The fourth-order valence-corrected chi connectivity index (χ4v) is 2.73. The lowest BCUT2D eigenvalue weighted by Gasteiger charge is -2.22. The van der Waals surface area contributed by atoms with Crippen molar-refractivity contribution in [2.45, 2.75) is 32.9 Å². The van der Waals surface area contributed by atoms with Gasteiger partial charge in [-0.25, -0.2) is 9.69 Å². The first-order valence-electron chi connectivity index (χ1n) is 8.88. The molecule has 0 spiro atoms. The first-order valence-corrected chi connectivity index (χ1v) is 8.88. The van der Waals surface area contributed by atoms with E-state index in [1.807, 2.05) is 67.7 Å². The van der Waals surface area contributed by atoms with Crippen LogP contribution in [0.5, 0.6) is 0 Å². The van der Waals surface area contributed by atoms with Gasteiger partial charge >= 0.3 is 6.03 Å². The molecule has 3 amide bonds. The molecule has 0 aliphatic heterocycles. The maximum Gasteiger partial charge on any atom is 0.315 e. The standard InChI is InChI=1S/C21H24N4O2/c1-3-25(15-22)20(26)19(13-17-9-5-4-6-10-17)24-21(27)23-14-18-11-7-8-16(2)12-18/h4-12,19H,3,13-14H2,1-2H3,(H2,23,24,27). The molecule has 0 aliphatic carbocycles. The quantitative estimate of drug-likeness (QED) is 0.585. The number of hydrogen-bond donors (Lipinski definition) is 2. The zero-order valence-electron chi connectivity index (χ0n) is 15.6. The Morgan fingerprint density at radius 3 is 2.44 bits per heavy atom. The molecule has 2 aromatic carbocycles. The Labute approximate surface area is 159 Å². The van der Waals surface area contributed by atoms with Crippen molar-refractivity contribution >= 4 is 11.9 Å². The summed E-state index contributed by atoms with van der Waals surface area (Å²) in [6.45, 7) is 4.32. The van der Waals surface area contributed by atoms with Crippen LogP contribution in [-0.4, -0.2) is 29.4 Å². The van der Waals surface area contributed by atoms with Crippen molar-refractivity contribution in [2.24, 2.45) is 0 Å². The minimum absolute atomic E-state index is 0.257. The molecule has 0 saturated heterocycles. The van der Waals surface area contributed by atoms with E-state index >= 15 is 0 Å². The predicted molar refractivity (Wildman–Crippen MR) is 103 cm³/mol. The maximum absolute atomic E-state index is 12.6. The van der Waals surface area contributed by atoms with Crippen LogP contribution in [0.2, 0.25) is 0 Å². The Balaban J connectivity index is 2.04. The molecular formula is C21H24N4O2. The normalized spacial score (nSPS) is 11.1. The Hall–Kier alpha value is -3.33. The van der Waals surface area contributed by atoms with E-state index in [2.05, 4.69) is 10.6 Å². The monoisotopic (exact) mass is 364 g/mol. The highest BCUT2D eigenvalue weighted by molar-refractivity contribution is 5.88. The first-order chi connectivity index (χ1) is 13.0. The number of rotatable bonds is 7. The van der Waals surface area contributed by atoms with Gasteiger partial charge in [0, 0.05) is 19.5 Å². The molecule has 0 radical (unpaired) electrons. The summed E-state index contributed by atoms with van der Waals surface area (Å²) in [5.41, 5.74) is 2.99. The van der Waals surface area contributed by atoms with Gasteiger partial charge in [0.2, 0.25) is 0 Å². The summed E-state index contributed by atoms with van der Waals surface area (Å²) < 4.78 is 0. The van der Waals surface area contributed by atoms with Crippen molar-refractivity contribution in [3.05, 3.63) is 71.3 Å². The molecule has 0 fully saturated rings. The number of urea groups is 1. The lowest BCUT2D eigenvalue weighted by Crippen LogP contribution is -2.51. The third-order valence-corrected chi connectivity index (χ3v) is 4.12. The number of amides is 3. The Bertz CT molecular complexity index is 814. The van der Waals surface area contributed by atoms with E-state index in [0.29, 0.717) is 13.0 Å². The molecule has 2 N–H and O–H groups in total. The molecule has 0 heterocycles. The van der Waals surface area contributed by atoms with Crippen molar-refractivity contribution in [1.29, 1.82) is 5.26 Å². The van der Waals surface area contributed by atoms with Crippen LogP contribution in [0.3, 0.4) is 0 Å². The van der Waals surface area contributed by atoms with Crippen LogP contribution in [-0.2, 0) is 17.8 Å². The van der Waals surface area contributed by atoms with E-state index in [-0.39, 0.29) is 6.54 Å². The Kier molecular flexibility index (Phi) is 7.38. The van der Waals surface area contributed by atoms with E-state index < -0.39 is 18.0 Å². The first kappa shape index (κ1) is 20.0. The summed E-state index contributed by atoms with van der Waals surface area (Å²) in [5.74, 6) is -0.422. The summed E-state index contributed by atoms with van der Waals surface area (Å²) in [6.07, 6.45) is 2.18. The van der Waals surface area contributed by atoms with Crippen LogP contribution in [0, 0.1) is 18.4 Å². The molecule has 2 rings (SSSR count). The number of nitrogens with one attached hydrogen (secondary N) is 2. The minimum Gasteiger partial charge on any atom is -0.334 e. The van der Waals surface area contributed by atoms with Crippen molar-refractivity contribution in [2.75, 3.05) is 6.54 Å². The largest absolute Gasteiger partial charge is 0.334 e. The topological polar surface area (TPSA) is 85.2 Å². The zero-order valence-corrected chi connectivity index (χ0v) is 15.6. The number of likely N-dealkylation sites (N-methyl/N-ethyl adjacent to an activating group) is 1. The van der Waals surface area contributed by atoms with Gasteiger partial charge in [0.15, 0.2) is 6.19 Å². The average Bonchev–Trinajstić information content (AvgIpc) is 2.67. The van der Waals surface area contributed by atoms with Gasteiger partial charge in [0.25, 0.3) is 5.91 Å². The number of nitrogens with zero attached hydrogens (tertiary/aromatic N) is 2. The second-order valence-electron chi connectivity index (χ2n) is 6.24. The average molecular weight is 364 g/mol. The summed E-state index contributed by atoms with van der Waals surface area (Å²) in [4.78, 5) is 26.0. The lowest BCUT2D eigenvalue weighted by molar-refractivity contribution is -0.129. The van der Waals surface area contributed by atoms with Crippen LogP contribution >= 0.6 is 0 Å². The van der Waals surface area contributed by atoms with E-state index in [1.165, 1.54) is 0 Å². The third-order valence-electron chi connectivity index (χ3n) is 4.12. The predicted octanol–water partition coefficient (Wildman–Crippen LogP) is 2.74. The van der Waals surface area contributed by atoms with Crippen LogP contribution in [0.25, 0.3) is 0 Å². The number of hydrogen-bond acceptors (Lipinski definition) is 3. The molecule has 1 atom stereocenters. The molecular weight excluding hydrogens is 340 g/mol. The number of benzene rings is 2. The van der Waals surface area contributed by atoms with Gasteiger partial charge in [-0.15, -0.1) is 0 Å². The van der Waals surface area contributed by atoms with Gasteiger partial charge in [-0.05, 0) is 25.0 Å². The van der Waals surface area contributed by atoms with Crippen molar-refractivity contribution in [3.8, 4) is 6.19 Å². The highest BCUT2D eigenvalue weighted by Gasteiger charge is 2.25. The summed E-state index contributed by atoms with van der Waals surface area (Å²) >= 11 is 0. The van der Waals surface area contributed by atoms with Gasteiger partial charge in [-0.1, -0.05) is 60.2 Å². The fraction of sp³-hybridized carbons (Fsp3) is 0.286. The van der Waals surface area contributed by atoms with Crippen molar-refractivity contribution in [3.63, 3.8) is 0 Å². The number of nitriles is 1. The van der Waals surface area contributed by atoms with E-state index in [4.69, 9.17) is 5.26 Å². The zero-order chi connectivity index (χ0) is 19.6. The Morgan fingerprint density at radius 2 is 1.81 bits per heavy atom. The summed E-state index contributed by atoms with van der Waals surface area (Å²) in [5, 5.41) is 14.6. The minimum atomic E-state index is -0.815. The highest BCUT2D eigenvalue weighted by atomic mass is 16.2. The fourth-order valence-electron chi connectivity index (χ4n) is 2.73. The van der Waals surface area contributed by atoms with Gasteiger partial charge < -0.3 is 10.6 Å².